The van der Waals surface area contributed by atoms with Gasteiger partial charge in [-0.1, -0.05) is 13.8 Å². The molecule has 0 unspecified atom stereocenters. The highest BCUT2D eigenvalue weighted by atomic mass is 16.5. The van der Waals surface area contributed by atoms with Crippen molar-refractivity contribution in [2.24, 2.45) is 5.92 Å². The molecule has 114 valence electrons. The predicted molar refractivity (Wildman–Crippen MR) is 80.3 cm³/mol. The van der Waals surface area contributed by atoms with E-state index in [9.17, 15) is 9.59 Å². The fourth-order valence-electron chi connectivity index (χ4n) is 2.26. The summed E-state index contributed by atoms with van der Waals surface area (Å²) in [4.78, 5) is 24.9. The van der Waals surface area contributed by atoms with Gasteiger partial charge in [0.25, 0.3) is 5.91 Å². The number of nitrogens with zero attached hydrogens (tertiary/aromatic N) is 1. The second-order valence-electron chi connectivity index (χ2n) is 5.43. The first kappa shape index (κ1) is 15.4. The molecule has 5 heteroatoms. The van der Waals surface area contributed by atoms with Crippen LogP contribution in [0.2, 0.25) is 0 Å². The number of hydrogen-bond donors (Lipinski definition) is 0. The first-order chi connectivity index (χ1) is 10.1. The second-order valence-corrected chi connectivity index (χ2v) is 5.43. The van der Waals surface area contributed by atoms with Crippen molar-refractivity contribution in [3.8, 4) is 11.5 Å². The largest absolute Gasteiger partial charge is 0.490 e. The number of hydrogen-bond acceptors (Lipinski definition) is 4. The smallest absolute Gasteiger partial charge is 0.265 e. The zero-order chi connectivity index (χ0) is 15.4. The molecule has 1 amide bonds. The van der Waals surface area contributed by atoms with Crippen LogP contribution >= 0.6 is 0 Å². The molecule has 2 rings (SSSR count). The Labute approximate surface area is 124 Å². The fourth-order valence-corrected chi connectivity index (χ4v) is 2.26. The number of carbonyl (C=O) groups excluding carboxylic acids is 2. The van der Waals surface area contributed by atoms with Gasteiger partial charge in [-0.05, 0) is 31.4 Å². The van der Waals surface area contributed by atoms with E-state index in [0.29, 0.717) is 41.8 Å². The van der Waals surface area contributed by atoms with Gasteiger partial charge in [-0.25, -0.2) is 0 Å². The highest BCUT2D eigenvalue weighted by Crippen LogP contribution is 2.41. The predicted octanol–water partition coefficient (Wildman–Crippen LogP) is 2.67. The monoisotopic (exact) mass is 291 g/mol. The molecular weight excluding hydrogens is 270 g/mol. The molecular formula is C16H21NO4. The van der Waals surface area contributed by atoms with Crippen molar-refractivity contribution >= 4 is 17.9 Å². The van der Waals surface area contributed by atoms with E-state index in [2.05, 4.69) is 13.8 Å². The topological polar surface area (TPSA) is 55.8 Å². The fraction of sp³-hybridized carbons (Fsp3) is 0.500. The molecule has 0 aliphatic carbocycles. The Morgan fingerprint density at radius 3 is 2.81 bits per heavy atom. The summed E-state index contributed by atoms with van der Waals surface area (Å²) in [6, 6.07) is 3.33. The normalized spacial score (nSPS) is 13.9. The molecule has 0 bridgehead atoms. The highest BCUT2D eigenvalue weighted by molar-refractivity contribution is 5.99. The van der Waals surface area contributed by atoms with Crippen molar-refractivity contribution in [3.05, 3.63) is 17.7 Å². The summed E-state index contributed by atoms with van der Waals surface area (Å²) >= 11 is 0. The average Bonchev–Trinajstić information content (AvgIpc) is 2.45. The molecule has 1 aromatic carbocycles. The maximum Gasteiger partial charge on any atom is 0.265 e. The van der Waals surface area contributed by atoms with E-state index in [0.717, 1.165) is 12.7 Å². The van der Waals surface area contributed by atoms with Gasteiger partial charge in [-0.3, -0.25) is 9.59 Å². The molecule has 1 aliphatic rings. The Kier molecular flexibility index (Phi) is 4.83. The van der Waals surface area contributed by atoms with Gasteiger partial charge in [-0.15, -0.1) is 0 Å². The lowest BCUT2D eigenvalue weighted by atomic mass is 10.1. The average molecular weight is 291 g/mol. The van der Waals surface area contributed by atoms with Crippen LogP contribution in [0.5, 0.6) is 11.5 Å². The Bertz CT molecular complexity index is 539. The summed E-state index contributed by atoms with van der Waals surface area (Å²) in [5.41, 5.74) is 1.10. The van der Waals surface area contributed by atoms with E-state index in [1.54, 1.807) is 17.0 Å². The minimum atomic E-state index is -0.0892. The van der Waals surface area contributed by atoms with Crippen molar-refractivity contribution in [2.75, 3.05) is 24.7 Å². The molecule has 0 saturated heterocycles. The van der Waals surface area contributed by atoms with Crippen molar-refractivity contribution in [2.45, 2.75) is 27.2 Å². The maximum absolute atomic E-state index is 12.1. The summed E-state index contributed by atoms with van der Waals surface area (Å²) < 4.78 is 11.1. The summed E-state index contributed by atoms with van der Waals surface area (Å²) in [5.74, 6) is 1.46. The summed E-state index contributed by atoms with van der Waals surface area (Å²) in [6.07, 6.45) is 1.64. The lowest BCUT2D eigenvalue weighted by molar-refractivity contribution is -0.121. The van der Waals surface area contributed by atoms with Crippen LogP contribution < -0.4 is 14.4 Å². The van der Waals surface area contributed by atoms with E-state index in [1.165, 1.54) is 0 Å². The van der Waals surface area contributed by atoms with Gasteiger partial charge in [0.2, 0.25) is 0 Å². The third kappa shape index (κ3) is 3.35. The minimum Gasteiger partial charge on any atom is -0.490 e. The van der Waals surface area contributed by atoms with Crippen molar-refractivity contribution in [1.29, 1.82) is 0 Å². The van der Waals surface area contributed by atoms with Crippen LogP contribution in [0.15, 0.2) is 12.1 Å². The standard InChI is InChI=1S/C16H21NO4/c1-4-20-14-8-12(9-18)7-13-16(14)21-10-15(19)17(13)6-5-11(2)3/h7-9,11H,4-6,10H2,1-3H3. The van der Waals surface area contributed by atoms with Gasteiger partial charge < -0.3 is 14.4 Å². The van der Waals surface area contributed by atoms with E-state index in [-0.39, 0.29) is 12.5 Å². The van der Waals surface area contributed by atoms with Crippen molar-refractivity contribution in [3.63, 3.8) is 0 Å². The van der Waals surface area contributed by atoms with Gasteiger partial charge >= 0.3 is 0 Å². The molecule has 0 N–H and O–H groups in total. The number of carbonyl (C=O) groups is 2. The first-order valence-electron chi connectivity index (χ1n) is 7.26. The summed E-state index contributed by atoms with van der Waals surface area (Å²) in [5, 5.41) is 0. The van der Waals surface area contributed by atoms with E-state index < -0.39 is 0 Å². The van der Waals surface area contributed by atoms with Gasteiger partial charge in [0.1, 0.15) is 6.29 Å². The van der Waals surface area contributed by atoms with Crippen molar-refractivity contribution < 1.29 is 19.1 Å². The molecule has 0 atom stereocenters. The van der Waals surface area contributed by atoms with Crippen LogP contribution in [-0.2, 0) is 4.79 Å². The first-order valence-corrected chi connectivity index (χ1v) is 7.26. The number of rotatable bonds is 6. The Morgan fingerprint density at radius 2 is 2.19 bits per heavy atom. The summed E-state index contributed by atoms with van der Waals surface area (Å²) in [6.45, 7) is 7.17. The molecule has 1 aromatic rings. The van der Waals surface area contributed by atoms with Crippen LogP contribution in [0.25, 0.3) is 0 Å². The highest BCUT2D eigenvalue weighted by Gasteiger charge is 2.28. The van der Waals surface area contributed by atoms with E-state index in [4.69, 9.17) is 9.47 Å². The zero-order valence-corrected chi connectivity index (χ0v) is 12.7. The SMILES string of the molecule is CCOc1cc(C=O)cc2c1OCC(=O)N2CCC(C)C. The number of amides is 1. The second kappa shape index (κ2) is 6.61. The number of anilines is 1. The lowest BCUT2D eigenvalue weighted by Gasteiger charge is -2.31. The molecule has 21 heavy (non-hydrogen) atoms. The van der Waals surface area contributed by atoms with E-state index in [1.807, 2.05) is 6.92 Å². The van der Waals surface area contributed by atoms with Crippen LogP contribution in [0.1, 0.15) is 37.6 Å². The lowest BCUT2D eigenvalue weighted by Crippen LogP contribution is -2.40. The Hall–Kier alpha value is -2.04. The molecule has 5 nitrogen and oxygen atoms in total. The number of fused-ring (bicyclic) bond motifs is 1. The Morgan fingerprint density at radius 1 is 1.43 bits per heavy atom. The number of aldehydes is 1. The van der Waals surface area contributed by atoms with Crippen LogP contribution in [0, 0.1) is 5.92 Å². The molecule has 0 fully saturated rings. The van der Waals surface area contributed by atoms with Crippen LogP contribution in [0.4, 0.5) is 5.69 Å². The zero-order valence-electron chi connectivity index (χ0n) is 12.7. The van der Waals surface area contributed by atoms with Gasteiger partial charge in [0, 0.05) is 12.1 Å². The van der Waals surface area contributed by atoms with Gasteiger partial charge in [0.05, 0.1) is 12.3 Å². The van der Waals surface area contributed by atoms with Crippen LogP contribution in [0.3, 0.4) is 0 Å². The maximum atomic E-state index is 12.1. The molecule has 0 saturated carbocycles. The summed E-state index contributed by atoms with van der Waals surface area (Å²) in [7, 11) is 0. The van der Waals surface area contributed by atoms with Gasteiger partial charge in [-0.2, -0.15) is 0 Å². The van der Waals surface area contributed by atoms with Crippen LogP contribution in [-0.4, -0.2) is 32.0 Å². The quantitative estimate of drug-likeness (QED) is 0.756. The molecule has 0 aromatic heterocycles. The third-order valence-electron chi connectivity index (χ3n) is 3.36. The third-order valence-corrected chi connectivity index (χ3v) is 3.36. The molecule has 1 heterocycles. The van der Waals surface area contributed by atoms with Gasteiger partial charge in [0.15, 0.2) is 18.1 Å². The van der Waals surface area contributed by atoms with Crippen molar-refractivity contribution in [1.82, 2.24) is 0 Å². The Balaban J connectivity index is 2.42. The minimum absolute atomic E-state index is 0.00556. The number of benzene rings is 1. The number of ether oxygens (including phenoxy) is 2. The van der Waals surface area contributed by atoms with E-state index >= 15 is 0 Å². The molecule has 1 aliphatic heterocycles. The molecule has 0 radical (unpaired) electrons. The molecule has 0 spiro atoms.